The maximum atomic E-state index is 12.3. The minimum Gasteiger partial charge on any atom is -0.407 e. The number of para-hydroxylation sites is 1. The Bertz CT molecular complexity index is 823. The average Bonchev–Trinajstić information content (AvgIpc) is 2.74. The summed E-state index contributed by atoms with van der Waals surface area (Å²) in [5, 5.41) is 2.28. The number of carbonyl (C=O) groups is 2. The van der Waals surface area contributed by atoms with Gasteiger partial charge in [-0.2, -0.15) is 0 Å². The van der Waals surface area contributed by atoms with Crippen LogP contribution >= 0.6 is 0 Å². The summed E-state index contributed by atoms with van der Waals surface area (Å²) in [7, 11) is 0. The fraction of sp³-hybridized carbons (Fsp3) is 0.438. The van der Waals surface area contributed by atoms with Gasteiger partial charge in [0.15, 0.2) is 5.58 Å². The molecule has 6 nitrogen and oxygen atoms in total. The number of oxazole rings is 1. The van der Waals surface area contributed by atoms with E-state index in [1.807, 2.05) is 32.9 Å². The number of benzene rings is 1. The van der Waals surface area contributed by atoms with Crippen LogP contribution in [-0.2, 0) is 15.0 Å². The Kier molecular flexibility index (Phi) is 3.20. The summed E-state index contributed by atoms with van der Waals surface area (Å²) in [4.78, 5) is 35.6. The van der Waals surface area contributed by atoms with Crippen molar-refractivity contribution < 1.29 is 14.0 Å². The number of carbonyl (C=O) groups excluding carboxylic acids is 2. The summed E-state index contributed by atoms with van der Waals surface area (Å²) in [5.74, 6) is -1.33. The Morgan fingerprint density at radius 3 is 2.59 bits per heavy atom. The number of rotatable bonds is 1. The molecule has 2 aromatic rings. The van der Waals surface area contributed by atoms with Crippen molar-refractivity contribution in [3.63, 3.8) is 0 Å². The quantitative estimate of drug-likeness (QED) is 0.815. The maximum absolute atomic E-state index is 12.3. The van der Waals surface area contributed by atoms with E-state index >= 15 is 0 Å². The number of nitrogens with one attached hydrogen (secondary N) is 1. The molecule has 0 spiro atoms. The smallest absolute Gasteiger partial charge is 0.407 e. The summed E-state index contributed by atoms with van der Waals surface area (Å²) < 4.78 is 6.78. The summed E-state index contributed by atoms with van der Waals surface area (Å²) in [5.41, 5.74) is 1.82. The second kappa shape index (κ2) is 4.83. The molecular weight excluding hydrogens is 284 g/mol. The Hall–Kier alpha value is -2.37. The zero-order valence-corrected chi connectivity index (χ0v) is 12.8. The lowest BCUT2D eigenvalue weighted by atomic mass is 9.86. The first-order valence-electron chi connectivity index (χ1n) is 7.27. The summed E-state index contributed by atoms with van der Waals surface area (Å²) in [6.07, 6.45) is 0.521. The fourth-order valence-corrected chi connectivity index (χ4v) is 2.87. The molecule has 1 saturated heterocycles. The Morgan fingerprint density at radius 1 is 1.23 bits per heavy atom. The fourth-order valence-electron chi connectivity index (χ4n) is 2.87. The number of hydrogen-bond donors (Lipinski definition) is 1. The van der Waals surface area contributed by atoms with Crippen LogP contribution in [0.25, 0.3) is 11.1 Å². The predicted molar refractivity (Wildman–Crippen MR) is 80.6 cm³/mol. The van der Waals surface area contributed by atoms with E-state index in [9.17, 15) is 14.4 Å². The van der Waals surface area contributed by atoms with Crippen molar-refractivity contribution in [1.29, 1.82) is 0 Å². The van der Waals surface area contributed by atoms with Crippen molar-refractivity contribution in [2.45, 2.75) is 45.1 Å². The molecule has 0 aliphatic carbocycles. The number of piperidine rings is 1. The molecule has 1 aromatic heterocycles. The number of hydrogen-bond acceptors (Lipinski definition) is 4. The van der Waals surface area contributed by atoms with Gasteiger partial charge >= 0.3 is 5.76 Å². The van der Waals surface area contributed by atoms with Gasteiger partial charge < -0.3 is 4.42 Å². The standard InChI is InChI=1S/C16H18N2O4/c1-16(2,3)9-5-4-6-10-13(9)22-15(21)18(10)11-7-8-12(19)17-14(11)20/h4-6,11H,7-8H2,1-3H3,(H,17,19,20)/t11-/m1/s1. The Labute approximate surface area is 127 Å². The minimum atomic E-state index is -0.707. The van der Waals surface area contributed by atoms with E-state index in [1.54, 1.807) is 6.07 Å². The molecule has 1 aliphatic rings. The summed E-state index contributed by atoms with van der Waals surface area (Å²) >= 11 is 0. The molecule has 22 heavy (non-hydrogen) atoms. The van der Waals surface area contributed by atoms with Crippen LogP contribution in [0.15, 0.2) is 27.4 Å². The number of fused-ring (bicyclic) bond motifs is 1. The maximum Gasteiger partial charge on any atom is 0.420 e. The summed E-state index contributed by atoms with van der Waals surface area (Å²) in [6.45, 7) is 6.10. The van der Waals surface area contributed by atoms with Gasteiger partial charge in [0.2, 0.25) is 11.8 Å². The highest BCUT2D eigenvalue weighted by molar-refractivity contribution is 6.00. The SMILES string of the molecule is CC(C)(C)c1cccc2c1oc(=O)n2[C@@H]1CCC(=O)NC1=O. The Morgan fingerprint density at radius 2 is 1.95 bits per heavy atom. The zero-order chi connectivity index (χ0) is 16.1. The van der Waals surface area contributed by atoms with Crippen molar-refractivity contribution in [3.8, 4) is 0 Å². The van der Waals surface area contributed by atoms with Gasteiger partial charge in [0, 0.05) is 12.0 Å². The number of nitrogens with zero attached hydrogens (tertiary/aromatic N) is 1. The predicted octanol–water partition coefficient (Wildman–Crippen LogP) is 1.87. The molecule has 116 valence electrons. The third-order valence-electron chi connectivity index (χ3n) is 3.97. The molecule has 3 rings (SSSR count). The van der Waals surface area contributed by atoms with Crippen LogP contribution in [0.5, 0.6) is 0 Å². The first-order valence-corrected chi connectivity index (χ1v) is 7.27. The number of aromatic nitrogens is 1. The number of imide groups is 1. The van der Waals surface area contributed by atoms with Crippen molar-refractivity contribution in [2.24, 2.45) is 0 Å². The molecule has 0 unspecified atom stereocenters. The van der Waals surface area contributed by atoms with Crippen LogP contribution in [0.1, 0.15) is 45.2 Å². The van der Waals surface area contributed by atoms with Crippen LogP contribution in [-0.4, -0.2) is 16.4 Å². The highest BCUT2D eigenvalue weighted by Gasteiger charge is 2.32. The lowest BCUT2D eigenvalue weighted by Crippen LogP contribution is -2.43. The van der Waals surface area contributed by atoms with E-state index in [4.69, 9.17) is 4.42 Å². The lowest BCUT2D eigenvalue weighted by molar-refractivity contribution is -0.135. The topological polar surface area (TPSA) is 81.3 Å². The molecule has 1 aromatic carbocycles. The van der Waals surface area contributed by atoms with Gasteiger partial charge in [-0.25, -0.2) is 4.79 Å². The van der Waals surface area contributed by atoms with Gasteiger partial charge in [-0.05, 0) is 17.9 Å². The summed E-state index contributed by atoms with van der Waals surface area (Å²) in [6, 6.07) is 4.82. The largest absolute Gasteiger partial charge is 0.420 e. The van der Waals surface area contributed by atoms with Crippen molar-refractivity contribution >= 4 is 22.9 Å². The van der Waals surface area contributed by atoms with E-state index in [0.29, 0.717) is 17.5 Å². The molecule has 1 atom stereocenters. The number of amides is 2. The van der Waals surface area contributed by atoms with Gasteiger partial charge in [0.25, 0.3) is 0 Å². The molecule has 2 amide bonds. The van der Waals surface area contributed by atoms with E-state index < -0.39 is 17.7 Å². The molecule has 2 heterocycles. The normalized spacial score (nSPS) is 19.5. The minimum absolute atomic E-state index is 0.188. The molecular formula is C16H18N2O4. The second-order valence-electron chi connectivity index (χ2n) is 6.61. The van der Waals surface area contributed by atoms with Gasteiger partial charge in [0.1, 0.15) is 6.04 Å². The first kappa shape index (κ1) is 14.6. The van der Waals surface area contributed by atoms with E-state index in [0.717, 1.165) is 5.56 Å². The van der Waals surface area contributed by atoms with Crippen molar-refractivity contribution in [2.75, 3.05) is 0 Å². The lowest BCUT2D eigenvalue weighted by Gasteiger charge is -2.22. The molecule has 1 fully saturated rings. The third kappa shape index (κ3) is 2.24. The monoisotopic (exact) mass is 302 g/mol. The molecule has 0 saturated carbocycles. The Balaban J connectivity index is 2.20. The van der Waals surface area contributed by atoms with Gasteiger partial charge in [-0.1, -0.05) is 32.9 Å². The van der Waals surface area contributed by atoms with Crippen LogP contribution in [0.4, 0.5) is 0 Å². The zero-order valence-electron chi connectivity index (χ0n) is 12.8. The molecule has 0 radical (unpaired) electrons. The first-order chi connectivity index (χ1) is 10.3. The molecule has 6 heteroatoms. The van der Waals surface area contributed by atoms with Gasteiger partial charge in [-0.15, -0.1) is 0 Å². The molecule has 1 N–H and O–H groups in total. The van der Waals surface area contributed by atoms with E-state index in [-0.39, 0.29) is 17.7 Å². The van der Waals surface area contributed by atoms with Gasteiger partial charge in [0.05, 0.1) is 5.52 Å². The van der Waals surface area contributed by atoms with Crippen molar-refractivity contribution in [1.82, 2.24) is 9.88 Å². The van der Waals surface area contributed by atoms with Crippen LogP contribution in [0, 0.1) is 0 Å². The average molecular weight is 302 g/mol. The molecule has 1 aliphatic heterocycles. The van der Waals surface area contributed by atoms with Crippen LogP contribution < -0.4 is 11.1 Å². The van der Waals surface area contributed by atoms with E-state index in [2.05, 4.69) is 5.32 Å². The molecule has 0 bridgehead atoms. The second-order valence-corrected chi connectivity index (χ2v) is 6.61. The van der Waals surface area contributed by atoms with Gasteiger partial charge in [-0.3, -0.25) is 19.5 Å². The van der Waals surface area contributed by atoms with E-state index in [1.165, 1.54) is 4.57 Å². The third-order valence-corrected chi connectivity index (χ3v) is 3.97. The van der Waals surface area contributed by atoms with Crippen LogP contribution in [0.2, 0.25) is 0 Å². The highest BCUT2D eigenvalue weighted by Crippen LogP contribution is 2.31. The highest BCUT2D eigenvalue weighted by atomic mass is 16.4. The van der Waals surface area contributed by atoms with Crippen LogP contribution in [0.3, 0.4) is 0 Å². The van der Waals surface area contributed by atoms with Crippen molar-refractivity contribution in [3.05, 3.63) is 34.3 Å².